The van der Waals surface area contributed by atoms with Crippen LogP contribution in [0.1, 0.15) is 36.3 Å². The zero-order valence-corrected chi connectivity index (χ0v) is 14.6. The maximum absolute atomic E-state index is 14.5. The Balaban J connectivity index is 2.26. The largest absolute Gasteiger partial charge is 0.348 e. The van der Waals surface area contributed by atoms with Gasteiger partial charge in [0.05, 0.1) is 5.52 Å². The van der Waals surface area contributed by atoms with Gasteiger partial charge in [0.1, 0.15) is 11.5 Å². The minimum atomic E-state index is -0.310. The van der Waals surface area contributed by atoms with Crippen molar-refractivity contribution >= 4 is 16.8 Å². The summed E-state index contributed by atoms with van der Waals surface area (Å²) in [5, 5.41) is 3.79. The highest BCUT2D eigenvalue weighted by molar-refractivity contribution is 6.03. The Labute approximate surface area is 146 Å². The van der Waals surface area contributed by atoms with Crippen LogP contribution in [0.3, 0.4) is 0 Å². The third-order valence-corrected chi connectivity index (χ3v) is 4.48. The number of benzene rings is 2. The van der Waals surface area contributed by atoms with Gasteiger partial charge in [-0.2, -0.15) is 0 Å². The molecule has 0 saturated carbocycles. The summed E-state index contributed by atoms with van der Waals surface area (Å²) in [6, 6.07) is 14.2. The summed E-state index contributed by atoms with van der Waals surface area (Å²) in [4.78, 5) is 17.2. The zero-order valence-electron chi connectivity index (χ0n) is 14.6. The van der Waals surface area contributed by atoms with Crippen molar-refractivity contribution in [1.29, 1.82) is 0 Å². The van der Waals surface area contributed by atoms with Gasteiger partial charge in [-0.25, -0.2) is 9.37 Å². The molecule has 0 fully saturated rings. The van der Waals surface area contributed by atoms with E-state index in [4.69, 9.17) is 0 Å². The summed E-state index contributed by atoms with van der Waals surface area (Å²) in [6.07, 6.45) is 0.832. The van der Waals surface area contributed by atoms with Crippen molar-refractivity contribution in [2.24, 2.45) is 0 Å². The highest BCUT2D eigenvalue weighted by atomic mass is 19.1. The monoisotopic (exact) mass is 336 g/mol. The van der Waals surface area contributed by atoms with Gasteiger partial charge in [-0.05, 0) is 43.5 Å². The van der Waals surface area contributed by atoms with E-state index >= 15 is 0 Å². The Kier molecular flexibility index (Phi) is 4.79. The quantitative estimate of drug-likeness (QED) is 0.738. The van der Waals surface area contributed by atoms with E-state index < -0.39 is 0 Å². The summed E-state index contributed by atoms with van der Waals surface area (Å²) in [7, 11) is 0. The number of carbonyl (C=O) groups is 1. The van der Waals surface area contributed by atoms with Crippen LogP contribution in [-0.2, 0) is 0 Å². The molecule has 1 aromatic heterocycles. The molecule has 0 aliphatic rings. The molecule has 1 N–H and O–H groups in total. The van der Waals surface area contributed by atoms with Crippen molar-refractivity contribution in [3.63, 3.8) is 0 Å². The van der Waals surface area contributed by atoms with E-state index in [1.54, 1.807) is 18.2 Å². The fourth-order valence-corrected chi connectivity index (χ4v) is 2.93. The maximum Gasteiger partial charge on any atom is 0.270 e. The number of para-hydroxylation sites is 1. The van der Waals surface area contributed by atoms with Crippen molar-refractivity contribution in [2.45, 2.75) is 33.2 Å². The number of hydrogen-bond donors (Lipinski definition) is 1. The van der Waals surface area contributed by atoms with E-state index in [0.29, 0.717) is 22.3 Å². The molecule has 0 bridgehead atoms. The molecular weight excluding hydrogens is 315 g/mol. The van der Waals surface area contributed by atoms with Crippen LogP contribution in [0.5, 0.6) is 0 Å². The fraction of sp³-hybridized carbons (Fsp3) is 0.238. The first-order valence-corrected chi connectivity index (χ1v) is 8.48. The second kappa shape index (κ2) is 7.01. The van der Waals surface area contributed by atoms with Crippen LogP contribution in [0.15, 0.2) is 48.5 Å². The van der Waals surface area contributed by atoms with Gasteiger partial charge >= 0.3 is 0 Å². The molecule has 0 aliphatic carbocycles. The minimum Gasteiger partial charge on any atom is -0.348 e. The molecule has 0 radical (unpaired) electrons. The van der Waals surface area contributed by atoms with Crippen molar-refractivity contribution < 1.29 is 9.18 Å². The second-order valence-electron chi connectivity index (χ2n) is 6.24. The maximum atomic E-state index is 14.5. The van der Waals surface area contributed by atoms with Crippen LogP contribution in [0.2, 0.25) is 0 Å². The Morgan fingerprint density at radius 3 is 2.56 bits per heavy atom. The molecular formula is C21H21FN2O. The number of hydrogen-bond acceptors (Lipinski definition) is 2. The number of rotatable bonds is 4. The topological polar surface area (TPSA) is 42.0 Å². The molecule has 3 aromatic rings. The summed E-state index contributed by atoms with van der Waals surface area (Å²) in [5.41, 5.74) is 2.91. The number of nitrogens with one attached hydrogen (secondary N) is 1. The highest BCUT2D eigenvalue weighted by Gasteiger charge is 2.20. The minimum absolute atomic E-state index is 0.0529. The number of fused-ring (bicyclic) bond motifs is 1. The normalized spacial score (nSPS) is 12.2. The lowest BCUT2D eigenvalue weighted by Crippen LogP contribution is -2.33. The van der Waals surface area contributed by atoms with Crippen LogP contribution < -0.4 is 5.32 Å². The molecule has 3 nitrogen and oxygen atoms in total. The molecule has 25 heavy (non-hydrogen) atoms. The second-order valence-corrected chi connectivity index (χ2v) is 6.24. The lowest BCUT2D eigenvalue weighted by atomic mass is 9.94. The number of nitrogens with zero attached hydrogens (tertiary/aromatic N) is 1. The van der Waals surface area contributed by atoms with Gasteiger partial charge in [-0.15, -0.1) is 0 Å². The first-order valence-electron chi connectivity index (χ1n) is 8.48. The van der Waals surface area contributed by atoms with Crippen LogP contribution in [0.4, 0.5) is 4.39 Å². The van der Waals surface area contributed by atoms with E-state index in [-0.39, 0.29) is 17.8 Å². The van der Waals surface area contributed by atoms with Gasteiger partial charge in [-0.1, -0.05) is 43.3 Å². The average molecular weight is 336 g/mol. The van der Waals surface area contributed by atoms with Crippen molar-refractivity contribution in [2.75, 3.05) is 0 Å². The number of carbonyl (C=O) groups excluding carboxylic acids is 1. The Morgan fingerprint density at radius 2 is 1.84 bits per heavy atom. The molecule has 4 heteroatoms. The van der Waals surface area contributed by atoms with Crippen LogP contribution in [0, 0.1) is 12.7 Å². The molecule has 0 unspecified atom stereocenters. The number of amides is 1. The Bertz CT molecular complexity index is 936. The summed E-state index contributed by atoms with van der Waals surface area (Å²) >= 11 is 0. The molecule has 0 aliphatic heterocycles. The molecule has 0 saturated heterocycles. The number of halogens is 1. The summed E-state index contributed by atoms with van der Waals surface area (Å²) < 4.78 is 14.5. The van der Waals surface area contributed by atoms with E-state index in [9.17, 15) is 9.18 Å². The van der Waals surface area contributed by atoms with Crippen LogP contribution >= 0.6 is 0 Å². The molecule has 128 valence electrons. The van der Waals surface area contributed by atoms with Gasteiger partial charge in [-0.3, -0.25) is 4.79 Å². The number of aromatic nitrogens is 1. The van der Waals surface area contributed by atoms with Crippen LogP contribution in [-0.4, -0.2) is 16.9 Å². The Morgan fingerprint density at radius 1 is 1.16 bits per heavy atom. The third-order valence-electron chi connectivity index (χ3n) is 4.48. The summed E-state index contributed by atoms with van der Waals surface area (Å²) in [5.74, 6) is -0.537. The number of pyridine rings is 1. The average Bonchev–Trinajstić information content (AvgIpc) is 2.62. The Hall–Kier alpha value is -2.75. The highest BCUT2D eigenvalue weighted by Crippen LogP contribution is 2.34. The molecule has 0 spiro atoms. The van der Waals surface area contributed by atoms with E-state index in [0.717, 1.165) is 17.4 Å². The van der Waals surface area contributed by atoms with Gasteiger partial charge in [0.2, 0.25) is 0 Å². The van der Waals surface area contributed by atoms with Crippen molar-refractivity contribution in [3.8, 4) is 11.1 Å². The SMILES string of the molecule is CC[C@H](C)NC(=O)c1nc2ccccc2c(-c2ccccc2F)c1C. The third kappa shape index (κ3) is 3.25. The van der Waals surface area contributed by atoms with Gasteiger partial charge < -0.3 is 5.32 Å². The molecule has 1 atom stereocenters. The van der Waals surface area contributed by atoms with E-state index in [1.807, 2.05) is 45.0 Å². The van der Waals surface area contributed by atoms with E-state index in [1.165, 1.54) is 6.07 Å². The zero-order chi connectivity index (χ0) is 18.0. The van der Waals surface area contributed by atoms with Crippen molar-refractivity contribution in [3.05, 3.63) is 65.6 Å². The van der Waals surface area contributed by atoms with Gasteiger partial charge in [0, 0.05) is 17.0 Å². The molecule has 1 heterocycles. The first-order chi connectivity index (χ1) is 12.0. The van der Waals surface area contributed by atoms with Crippen molar-refractivity contribution in [1.82, 2.24) is 10.3 Å². The lowest BCUT2D eigenvalue weighted by molar-refractivity contribution is 0.0934. The fourth-order valence-electron chi connectivity index (χ4n) is 2.93. The van der Waals surface area contributed by atoms with Crippen LogP contribution in [0.25, 0.3) is 22.0 Å². The standard InChI is InChI=1S/C21H21FN2O/c1-4-13(2)23-21(25)20-14(3)19(15-9-5-7-11-17(15)22)16-10-6-8-12-18(16)24-20/h5-13H,4H2,1-3H3,(H,23,25)/t13-/m0/s1. The van der Waals surface area contributed by atoms with E-state index in [2.05, 4.69) is 10.3 Å². The van der Waals surface area contributed by atoms with Gasteiger partial charge in [0.15, 0.2) is 0 Å². The molecule has 2 aromatic carbocycles. The lowest BCUT2D eigenvalue weighted by Gasteiger charge is -2.17. The molecule has 3 rings (SSSR count). The van der Waals surface area contributed by atoms with Gasteiger partial charge in [0.25, 0.3) is 5.91 Å². The predicted molar refractivity (Wildman–Crippen MR) is 99.1 cm³/mol. The summed E-state index contributed by atoms with van der Waals surface area (Å²) in [6.45, 7) is 5.79. The first kappa shape index (κ1) is 17.1. The predicted octanol–water partition coefficient (Wildman–Crippen LogP) is 4.88. The smallest absolute Gasteiger partial charge is 0.270 e. The molecule has 1 amide bonds.